The number of aliphatic hydroxyl groups excluding tert-OH is 1. The van der Waals surface area contributed by atoms with Gasteiger partial charge in [-0.15, -0.1) is 0 Å². The predicted octanol–water partition coefficient (Wildman–Crippen LogP) is 8.62. The largest absolute Gasteiger partial charge is 0.462 e. The second kappa shape index (κ2) is 13.4. The van der Waals surface area contributed by atoms with Crippen molar-refractivity contribution in [3.05, 3.63) is 107 Å². The van der Waals surface area contributed by atoms with Crippen molar-refractivity contribution in [1.82, 2.24) is 0 Å². The van der Waals surface area contributed by atoms with Crippen molar-refractivity contribution in [2.45, 2.75) is 65.9 Å². The highest BCUT2D eigenvalue weighted by Crippen LogP contribution is 2.34. The summed E-state index contributed by atoms with van der Waals surface area (Å²) >= 11 is 0. The Kier molecular flexibility index (Phi) is 9.73. The van der Waals surface area contributed by atoms with Crippen LogP contribution >= 0.6 is 0 Å². The number of benzene rings is 4. The quantitative estimate of drug-likeness (QED) is 0.116. The number of ether oxygens (including phenoxy) is 1. The summed E-state index contributed by atoms with van der Waals surface area (Å²) in [6, 6.07) is 26.1. The van der Waals surface area contributed by atoms with Gasteiger partial charge >= 0.3 is 5.97 Å². The highest BCUT2D eigenvalue weighted by molar-refractivity contribution is 5.92. The van der Waals surface area contributed by atoms with Crippen LogP contribution in [-0.2, 0) is 35.4 Å². The van der Waals surface area contributed by atoms with Crippen molar-refractivity contribution in [1.29, 1.82) is 0 Å². The summed E-state index contributed by atoms with van der Waals surface area (Å²) in [6.45, 7) is 10.1. The van der Waals surface area contributed by atoms with Gasteiger partial charge in [-0.25, -0.2) is 4.79 Å². The summed E-state index contributed by atoms with van der Waals surface area (Å²) < 4.78 is 5.44. The Morgan fingerprint density at radius 3 is 2.21 bits per heavy atom. The first-order valence-electron chi connectivity index (χ1n) is 14.1. The van der Waals surface area contributed by atoms with Gasteiger partial charge in [-0.05, 0) is 93.6 Å². The van der Waals surface area contributed by atoms with Crippen LogP contribution < -0.4 is 0 Å². The molecule has 0 aliphatic heterocycles. The fraction of sp³-hybridized carbons (Fsp3) is 0.306. The molecule has 4 aromatic rings. The normalized spacial score (nSPS) is 11.1. The first-order valence-corrected chi connectivity index (χ1v) is 14.1. The van der Waals surface area contributed by atoms with Crippen LogP contribution in [0.5, 0.6) is 0 Å². The van der Waals surface area contributed by atoms with Gasteiger partial charge in [0.2, 0.25) is 0 Å². The first-order chi connectivity index (χ1) is 18.9. The molecule has 0 spiro atoms. The Morgan fingerprint density at radius 1 is 0.769 bits per heavy atom. The number of hydrogen-bond donors (Lipinski definition) is 1. The number of carbonyl (C=O) groups excluding carboxylic acids is 1. The van der Waals surface area contributed by atoms with Crippen molar-refractivity contribution >= 4 is 16.7 Å². The predicted molar refractivity (Wildman–Crippen MR) is 163 cm³/mol. The van der Waals surface area contributed by atoms with Crippen molar-refractivity contribution < 1.29 is 14.6 Å². The summed E-state index contributed by atoms with van der Waals surface area (Å²) in [6.07, 6.45) is 6.49. The minimum Gasteiger partial charge on any atom is -0.462 e. The number of fused-ring (bicyclic) bond motifs is 1. The average molecular weight is 521 g/mol. The molecule has 0 radical (unpaired) electrons. The van der Waals surface area contributed by atoms with Crippen molar-refractivity contribution in [2.24, 2.45) is 0 Å². The van der Waals surface area contributed by atoms with E-state index in [2.05, 4.69) is 69.0 Å². The molecule has 3 heteroatoms. The van der Waals surface area contributed by atoms with Gasteiger partial charge in [0, 0.05) is 12.0 Å². The number of aryl methyl sites for hydroxylation is 2. The van der Waals surface area contributed by atoms with E-state index in [0.717, 1.165) is 40.5 Å². The Labute approximate surface area is 233 Å². The lowest BCUT2D eigenvalue weighted by Gasteiger charge is -2.15. The molecule has 0 fully saturated rings. The number of hydrogen-bond acceptors (Lipinski definition) is 3. The van der Waals surface area contributed by atoms with Crippen LogP contribution in [0, 0.1) is 0 Å². The number of aliphatic hydroxyl groups is 1. The van der Waals surface area contributed by atoms with Crippen molar-refractivity contribution in [3.63, 3.8) is 0 Å². The van der Waals surface area contributed by atoms with Crippen molar-refractivity contribution in [2.75, 3.05) is 6.61 Å². The van der Waals surface area contributed by atoms with E-state index in [0.29, 0.717) is 12.0 Å². The van der Waals surface area contributed by atoms with Crippen LogP contribution in [0.2, 0.25) is 0 Å². The number of rotatable bonds is 12. The maximum Gasteiger partial charge on any atom is 0.333 e. The summed E-state index contributed by atoms with van der Waals surface area (Å²) in [5.74, 6) is -0.364. The maximum absolute atomic E-state index is 12.0. The molecular weight excluding hydrogens is 480 g/mol. The molecule has 0 amide bonds. The molecule has 4 rings (SSSR count). The Morgan fingerprint density at radius 2 is 1.51 bits per heavy atom. The summed E-state index contributed by atoms with van der Waals surface area (Å²) in [5, 5.41) is 11.8. The van der Waals surface area contributed by atoms with Gasteiger partial charge in [0.15, 0.2) is 0 Å². The van der Waals surface area contributed by atoms with E-state index in [1.165, 1.54) is 46.9 Å². The Bertz CT molecular complexity index is 1450. The van der Waals surface area contributed by atoms with Crippen LogP contribution in [0.3, 0.4) is 0 Å². The molecule has 3 nitrogen and oxygen atoms in total. The molecule has 202 valence electrons. The number of unbranched alkanes of at least 4 members (excludes halogenated alkanes) is 2. The van der Waals surface area contributed by atoms with Crippen LogP contribution in [0.15, 0.2) is 84.9 Å². The van der Waals surface area contributed by atoms with E-state index in [1.54, 1.807) is 6.92 Å². The fourth-order valence-electron chi connectivity index (χ4n) is 5.11. The third kappa shape index (κ3) is 7.04. The molecule has 0 unspecified atom stereocenters. The third-order valence-electron chi connectivity index (χ3n) is 7.39. The molecule has 0 bridgehead atoms. The lowest BCUT2D eigenvalue weighted by Crippen LogP contribution is -2.08. The van der Waals surface area contributed by atoms with Gasteiger partial charge < -0.3 is 9.84 Å². The molecule has 1 N–H and O–H groups in total. The zero-order valence-electron chi connectivity index (χ0n) is 23.6. The van der Waals surface area contributed by atoms with Gasteiger partial charge in [0.25, 0.3) is 0 Å². The van der Waals surface area contributed by atoms with E-state index in [9.17, 15) is 9.90 Å². The van der Waals surface area contributed by atoms with Gasteiger partial charge in [-0.2, -0.15) is 0 Å². The van der Waals surface area contributed by atoms with Crippen LogP contribution in [-0.4, -0.2) is 17.7 Å². The molecule has 0 aliphatic rings. The minimum atomic E-state index is -0.364. The third-order valence-corrected chi connectivity index (χ3v) is 7.39. The van der Waals surface area contributed by atoms with Gasteiger partial charge in [-0.1, -0.05) is 93.9 Å². The smallest absolute Gasteiger partial charge is 0.333 e. The standard InChI is InChI=1S/C36H40O3/c1-5-7-8-9-26-12-17-34(28(6-2)20-26)31-16-15-30-23-35(29-13-10-27(24-37)11-14-29)32(22-33(30)21-31)18-19-39-36(38)25(3)4/h10-17,20-23,37H,3,5-9,18-19,24H2,1-2,4H3. The van der Waals surface area contributed by atoms with Gasteiger partial charge in [0.05, 0.1) is 13.2 Å². The Balaban J connectivity index is 1.71. The molecule has 0 atom stereocenters. The highest BCUT2D eigenvalue weighted by atomic mass is 16.5. The van der Waals surface area contributed by atoms with E-state index in [-0.39, 0.29) is 19.2 Å². The van der Waals surface area contributed by atoms with E-state index in [1.807, 2.05) is 24.3 Å². The molecular formula is C36H40O3. The van der Waals surface area contributed by atoms with E-state index >= 15 is 0 Å². The molecule has 0 saturated heterocycles. The number of esters is 1. The molecule has 4 aromatic carbocycles. The van der Waals surface area contributed by atoms with Crippen LogP contribution in [0.25, 0.3) is 33.0 Å². The molecule has 0 heterocycles. The first kappa shape index (κ1) is 28.3. The zero-order chi connectivity index (χ0) is 27.8. The Hall–Kier alpha value is -3.69. The lowest BCUT2D eigenvalue weighted by atomic mass is 9.90. The topological polar surface area (TPSA) is 46.5 Å². The minimum absolute atomic E-state index is 0.0178. The second-order valence-corrected chi connectivity index (χ2v) is 10.4. The van der Waals surface area contributed by atoms with Gasteiger partial charge in [-0.3, -0.25) is 0 Å². The van der Waals surface area contributed by atoms with Crippen LogP contribution in [0.1, 0.15) is 62.3 Å². The molecule has 0 saturated carbocycles. The second-order valence-electron chi connectivity index (χ2n) is 10.4. The summed E-state index contributed by atoms with van der Waals surface area (Å²) in [4.78, 5) is 12.0. The maximum atomic E-state index is 12.0. The van der Waals surface area contributed by atoms with Gasteiger partial charge in [0.1, 0.15) is 0 Å². The van der Waals surface area contributed by atoms with Crippen LogP contribution in [0.4, 0.5) is 0 Å². The highest BCUT2D eigenvalue weighted by Gasteiger charge is 2.12. The molecule has 0 aliphatic carbocycles. The van der Waals surface area contributed by atoms with E-state index in [4.69, 9.17) is 4.74 Å². The summed E-state index contributed by atoms with van der Waals surface area (Å²) in [5.41, 5.74) is 9.91. The average Bonchev–Trinajstić information content (AvgIpc) is 2.96. The SMILES string of the molecule is C=C(C)C(=O)OCCc1cc2cc(-c3ccc(CCCCC)cc3CC)ccc2cc1-c1ccc(CO)cc1. The number of carbonyl (C=O) groups is 1. The van der Waals surface area contributed by atoms with Crippen molar-refractivity contribution in [3.8, 4) is 22.3 Å². The van der Waals surface area contributed by atoms with E-state index < -0.39 is 0 Å². The molecule has 0 aromatic heterocycles. The summed E-state index contributed by atoms with van der Waals surface area (Å²) in [7, 11) is 0. The zero-order valence-corrected chi connectivity index (χ0v) is 23.6. The fourth-order valence-corrected chi connectivity index (χ4v) is 5.11. The molecule has 39 heavy (non-hydrogen) atoms. The monoisotopic (exact) mass is 520 g/mol. The lowest BCUT2D eigenvalue weighted by molar-refractivity contribution is -0.138.